The Morgan fingerprint density at radius 2 is 2.19 bits per heavy atom. The molecule has 2 rings (SSSR count). The Bertz CT molecular complexity index is 569. The Hall–Kier alpha value is -1.90. The molecule has 0 unspecified atom stereocenters. The van der Waals surface area contributed by atoms with E-state index in [2.05, 4.69) is 22.1 Å². The third kappa shape index (κ3) is 4.28. The molecule has 0 radical (unpaired) electrons. The smallest absolute Gasteiger partial charge is 0.254 e. The van der Waals surface area contributed by atoms with Crippen LogP contribution in [0.15, 0.2) is 18.2 Å². The summed E-state index contributed by atoms with van der Waals surface area (Å²) in [4.78, 5) is 14.4. The van der Waals surface area contributed by atoms with Crippen LogP contribution in [0.25, 0.3) is 0 Å². The number of hydrogen-bond acceptors (Lipinski definition) is 3. The molecule has 1 aliphatic rings. The van der Waals surface area contributed by atoms with Crippen molar-refractivity contribution in [3.05, 3.63) is 35.1 Å². The lowest BCUT2D eigenvalue weighted by atomic mass is 10.0. The van der Waals surface area contributed by atoms with Crippen LogP contribution in [0.4, 0.5) is 4.39 Å². The van der Waals surface area contributed by atoms with Gasteiger partial charge in [-0.1, -0.05) is 11.8 Å². The largest absolute Gasteiger partial charge is 0.384 e. The third-order valence-corrected chi connectivity index (χ3v) is 3.58. The van der Waals surface area contributed by atoms with Crippen molar-refractivity contribution in [1.82, 2.24) is 10.2 Å². The molecule has 1 aromatic rings. The van der Waals surface area contributed by atoms with Crippen LogP contribution in [-0.4, -0.2) is 48.7 Å². The van der Waals surface area contributed by atoms with Crippen LogP contribution >= 0.6 is 0 Å². The standard InChI is InChI=1S/C16H19FN2O2/c1-19-8-6-13(7-9-19)18-16(21)14-11-12(3-2-10-20)4-5-15(14)17/h4-5,11,13,20H,6-10H2,1H3,(H,18,21). The van der Waals surface area contributed by atoms with Gasteiger partial charge in [-0.15, -0.1) is 0 Å². The highest BCUT2D eigenvalue weighted by Gasteiger charge is 2.20. The lowest BCUT2D eigenvalue weighted by Crippen LogP contribution is -2.43. The zero-order valence-corrected chi connectivity index (χ0v) is 12.0. The minimum atomic E-state index is -0.560. The fourth-order valence-corrected chi connectivity index (χ4v) is 2.33. The van der Waals surface area contributed by atoms with Crippen LogP contribution in [0.1, 0.15) is 28.8 Å². The van der Waals surface area contributed by atoms with E-state index in [0.29, 0.717) is 5.56 Å². The van der Waals surface area contributed by atoms with Crippen LogP contribution in [0.3, 0.4) is 0 Å². The Morgan fingerprint density at radius 3 is 2.86 bits per heavy atom. The molecule has 5 heteroatoms. The number of aliphatic hydroxyl groups excluding tert-OH is 1. The molecular weight excluding hydrogens is 271 g/mol. The summed E-state index contributed by atoms with van der Waals surface area (Å²) in [6.07, 6.45) is 1.74. The molecule has 21 heavy (non-hydrogen) atoms. The van der Waals surface area contributed by atoms with Gasteiger partial charge in [0.25, 0.3) is 5.91 Å². The zero-order chi connectivity index (χ0) is 15.2. The Kier molecular flexibility index (Phi) is 5.32. The zero-order valence-electron chi connectivity index (χ0n) is 12.0. The number of nitrogens with zero attached hydrogens (tertiary/aromatic N) is 1. The molecule has 0 spiro atoms. The van der Waals surface area contributed by atoms with E-state index in [4.69, 9.17) is 5.11 Å². The molecular formula is C16H19FN2O2. The van der Waals surface area contributed by atoms with Gasteiger partial charge in [0.15, 0.2) is 0 Å². The van der Waals surface area contributed by atoms with Crippen LogP contribution in [0.5, 0.6) is 0 Å². The summed E-state index contributed by atoms with van der Waals surface area (Å²) in [5.41, 5.74) is 0.512. The first-order valence-electron chi connectivity index (χ1n) is 6.99. The number of benzene rings is 1. The van der Waals surface area contributed by atoms with Gasteiger partial charge in [-0.3, -0.25) is 4.79 Å². The number of rotatable bonds is 2. The predicted octanol–water partition coefficient (Wildman–Crippen LogP) is 0.993. The highest BCUT2D eigenvalue weighted by molar-refractivity contribution is 5.95. The highest BCUT2D eigenvalue weighted by Crippen LogP contribution is 2.13. The summed E-state index contributed by atoms with van der Waals surface area (Å²) in [5.74, 6) is 4.19. The lowest BCUT2D eigenvalue weighted by molar-refractivity contribution is 0.0912. The molecule has 1 aliphatic heterocycles. The van der Waals surface area contributed by atoms with Gasteiger partial charge < -0.3 is 15.3 Å². The molecule has 1 aromatic carbocycles. The van der Waals surface area contributed by atoms with Gasteiger partial charge in [-0.25, -0.2) is 4.39 Å². The second-order valence-electron chi connectivity index (χ2n) is 5.21. The Labute approximate surface area is 124 Å². The first-order valence-corrected chi connectivity index (χ1v) is 6.99. The highest BCUT2D eigenvalue weighted by atomic mass is 19.1. The van der Waals surface area contributed by atoms with Gasteiger partial charge in [-0.2, -0.15) is 0 Å². The molecule has 0 aliphatic carbocycles. The molecule has 4 nitrogen and oxygen atoms in total. The van der Waals surface area contributed by atoms with Crippen LogP contribution < -0.4 is 5.32 Å². The molecule has 0 bridgehead atoms. The van der Waals surface area contributed by atoms with E-state index < -0.39 is 11.7 Å². The van der Waals surface area contributed by atoms with E-state index in [1.165, 1.54) is 18.2 Å². The number of nitrogens with one attached hydrogen (secondary N) is 1. The molecule has 1 saturated heterocycles. The number of aliphatic hydroxyl groups is 1. The summed E-state index contributed by atoms with van der Waals surface area (Å²) in [6, 6.07) is 4.22. The van der Waals surface area contributed by atoms with Crippen LogP contribution in [-0.2, 0) is 0 Å². The number of halogens is 1. The average Bonchev–Trinajstić information content (AvgIpc) is 2.48. The molecule has 0 aromatic heterocycles. The summed E-state index contributed by atoms with van der Waals surface area (Å²) < 4.78 is 13.8. The maximum absolute atomic E-state index is 13.8. The molecule has 1 heterocycles. The monoisotopic (exact) mass is 290 g/mol. The minimum Gasteiger partial charge on any atom is -0.384 e. The van der Waals surface area contributed by atoms with Crippen molar-refractivity contribution in [2.75, 3.05) is 26.7 Å². The number of piperidine rings is 1. The molecule has 112 valence electrons. The number of amides is 1. The maximum atomic E-state index is 13.8. The second-order valence-corrected chi connectivity index (χ2v) is 5.21. The van der Waals surface area contributed by atoms with E-state index in [1.54, 1.807) is 0 Å². The van der Waals surface area contributed by atoms with Gasteiger partial charge in [-0.05, 0) is 51.2 Å². The molecule has 2 N–H and O–H groups in total. The molecule has 1 amide bonds. The fourth-order valence-electron chi connectivity index (χ4n) is 2.33. The SMILES string of the molecule is CN1CCC(NC(=O)c2cc(C#CCO)ccc2F)CC1. The lowest BCUT2D eigenvalue weighted by Gasteiger charge is -2.29. The summed E-state index contributed by atoms with van der Waals surface area (Å²) in [5, 5.41) is 11.5. The van der Waals surface area contributed by atoms with Crippen molar-refractivity contribution in [3.8, 4) is 11.8 Å². The molecule has 0 atom stereocenters. The number of carbonyl (C=O) groups excluding carboxylic acids is 1. The summed E-state index contributed by atoms with van der Waals surface area (Å²) in [7, 11) is 2.04. The quantitative estimate of drug-likeness (QED) is 0.799. The van der Waals surface area contributed by atoms with Crippen LogP contribution in [0, 0.1) is 17.7 Å². The van der Waals surface area contributed by atoms with Crippen molar-refractivity contribution < 1.29 is 14.3 Å². The minimum absolute atomic E-state index is 0.00123. The van der Waals surface area contributed by atoms with Crippen molar-refractivity contribution in [3.63, 3.8) is 0 Å². The topological polar surface area (TPSA) is 52.6 Å². The first-order chi connectivity index (χ1) is 10.1. The number of carbonyl (C=O) groups is 1. The Balaban J connectivity index is 2.07. The number of likely N-dealkylation sites (tertiary alicyclic amines) is 1. The van der Waals surface area contributed by atoms with E-state index >= 15 is 0 Å². The maximum Gasteiger partial charge on any atom is 0.254 e. The van der Waals surface area contributed by atoms with Gasteiger partial charge >= 0.3 is 0 Å². The molecule has 0 saturated carbocycles. The summed E-state index contributed by atoms with van der Waals surface area (Å²) >= 11 is 0. The number of hydrogen-bond donors (Lipinski definition) is 2. The van der Waals surface area contributed by atoms with E-state index in [0.717, 1.165) is 25.9 Å². The van der Waals surface area contributed by atoms with Crippen LogP contribution in [0.2, 0.25) is 0 Å². The van der Waals surface area contributed by atoms with E-state index in [1.807, 2.05) is 7.05 Å². The second kappa shape index (κ2) is 7.21. The normalized spacial score (nSPS) is 16.1. The fraction of sp³-hybridized carbons (Fsp3) is 0.438. The average molecular weight is 290 g/mol. The van der Waals surface area contributed by atoms with Gasteiger partial charge in [0.2, 0.25) is 0 Å². The van der Waals surface area contributed by atoms with Gasteiger partial charge in [0.1, 0.15) is 12.4 Å². The molecule has 1 fully saturated rings. The van der Waals surface area contributed by atoms with Gasteiger partial charge in [0.05, 0.1) is 5.56 Å². The van der Waals surface area contributed by atoms with Crippen molar-refractivity contribution in [1.29, 1.82) is 0 Å². The van der Waals surface area contributed by atoms with Crippen molar-refractivity contribution in [2.45, 2.75) is 18.9 Å². The van der Waals surface area contributed by atoms with Crippen molar-refractivity contribution >= 4 is 5.91 Å². The van der Waals surface area contributed by atoms with E-state index in [-0.39, 0.29) is 18.2 Å². The van der Waals surface area contributed by atoms with E-state index in [9.17, 15) is 9.18 Å². The Morgan fingerprint density at radius 1 is 1.48 bits per heavy atom. The first kappa shape index (κ1) is 15.5. The summed E-state index contributed by atoms with van der Waals surface area (Å²) in [6.45, 7) is 1.58. The van der Waals surface area contributed by atoms with Crippen molar-refractivity contribution in [2.24, 2.45) is 0 Å². The predicted molar refractivity (Wildman–Crippen MR) is 78.3 cm³/mol. The third-order valence-electron chi connectivity index (χ3n) is 3.58. The van der Waals surface area contributed by atoms with Gasteiger partial charge in [0, 0.05) is 11.6 Å².